The number of benzene rings is 9. The molecule has 1 heterocycles. The van der Waals surface area contributed by atoms with E-state index < -0.39 is 0 Å². The largest absolute Gasteiger partial charge is 0.256 e. The third kappa shape index (κ3) is 3.11. The molecule has 0 bridgehead atoms. The molecular formula is C43H25N. The monoisotopic (exact) mass is 555 g/mol. The number of aromatic nitrogens is 1. The molecule has 0 saturated heterocycles. The summed E-state index contributed by atoms with van der Waals surface area (Å²) in [4.78, 5) is 5.10. The highest BCUT2D eigenvalue weighted by Gasteiger charge is 2.21. The minimum Gasteiger partial charge on any atom is -0.256 e. The van der Waals surface area contributed by atoms with E-state index in [1.165, 1.54) is 92.3 Å². The Kier molecular flexibility index (Phi) is 4.78. The molecular weight excluding hydrogens is 530 g/mol. The fraction of sp³-hybridized carbons (Fsp3) is 0. The van der Waals surface area contributed by atoms with Gasteiger partial charge in [-0.3, -0.25) is 4.98 Å². The van der Waals surface area contributed by atoms with Crippen LogP contribution >= 0.6 is 0 Å². The molecule has 10 aromatic rings. The number of hydrogen-bond acceptors (Lipinski definition) is 1. The molecule has 1 nitrogen and oxygen atoms in total. The molecule has 0 saturated carbocycles. The molecule has 0 spiro atoms. The Morgan fingerprint density at radius 3 is 1.64 bits per heavy atom. The topological polar surface area (TPSA) is 12.9 Å². The average Bonchev–Trinajstić information content (AvgIpc) is 3.09. The van der Waals surface area contributed by atoms with Crippen LogP contribution in [0.2, 0.25) is 0 Å². The molecule has 1 heteroatoms. The molecule has 202 valence electrons. The van der Waals surface area contributed by atoms with Crippen LogP contribution in [0.25, 0.3) is 97.8 Å². The van der Waals surface area contributed by atoms with Crippen LogP contribution in [0, 0.1) is 0 Å². The molecule has 0 unspecified atom stereocenters. The van der Waals surface area contributed by atoms with Crippen LogP contribution in [0.3, 0.4) is 0 Å². The average molecular weight is 556 g/mol. The lowest BCUT2D eigenvalue weighted by Gasteiger charge is -2.20. The molecule has 9 aromatic carbocycles. The highest BCUT2D eigenvalue weighted by atomic mass is 14.7. The van der Waals surface area contributed by atoms with Crippen molar-refractivity contribution in [2.75, 3.05) is 0 Å². The number of rotatable bonds is 2. The molecule has 44 heavy (non-hydrogen) atoms. The van der Waals surface area contributed by atoms with E-state index in [2.05, 4.69) is 146 Å². The Hall–Kier alpha value is -5.79. The summed E-state index contributed by atoms with van der Waals surface area (Å²) < 4.78 is 0. The van der Waals surface area contributed by atoms with Crippen molar-refractivity contribution in [1.82, 2.24) is 4.98 Å². The summed E-state index contributed by atoms with van der Waals surface area (Å²) in [6.45, 7) is 0. The standard InChI is InChI=1S/C43H25N/c1-2-14-28-26(10-1)11-5-17-29(28)42-35-16-4-3-15-32(35)41(38-22-9-25-44-43(38)42)37-24-23-36-31-19-7-13-27-12-6-18-30(39(27)31)33-20-8-21-34(37)40(33)36/h1-25H. The van der Waals surface area contributed by atoms with Gasteiger partial charge in [0.25, 0.3) is 0 Å². The van der Waals surface area contributed by atoms with E-state index in [0.717, 1.165) is 5.52 Å². The van der Waals surface area contributed by atoms with Gasteiger partial charge in [0.05, 0.1) is 5.52 Å². The van der Waals surface area contributed by atoms with Crippen LogP contribution < -0.4 is 0 Å². The molecule has 1 aromatic heterocycles. The first-order valence-corrected chi connectivity index (χ1v) is 15.2. The van der Waals surface area contributed by atoms with Gasteiger partial charge >= 0.3 is 0 Å². The van der Waals surface area contributed by atoms with E-state index in [-0.39, 0.29) is 0 Å². The van der Waals surface area contributed by atoms with Crippen molar-refractivity contribution in [2.45, 2.75) is 0 Å². The molecule has 0 fully saturated rings. The fourth-order valence-corrected chi connectivity index (χ4v) is 7.87. The van der Waals surface area contributed by atoms with E-state index in [1.807, 2.05) is 6.20 Å². The second-order valence-corrected chi connectivity index (χ2v) is 11.8. The number of fused-ring (bicyclic) bond motifs is 5. The fourth-order valence-electron chi connectivity index (χ4n) is 7.87. The summed E-state index contributed by atoms with van der Waals surface area (Å²) in [7, 11) is 0. The molecule has 0 aliphatic carbocycles. The van der Waals surface area contributed by atoms with Gasteiger partial charge in [-0.05, 0) is 87.4 Å². The first-order valence-electron chi connectivity index (χ1n) is 15.2. The molecule has 0 amide bonds. The summed E-state index contributed by atoms with van der Waals surface area (Å²) in [5.41, 5.74) is 5.94. The van der Waals surface area contributed by atoms with E-state index >= 15 is 0 Å². The maximum Gasteiger partial charge on any atom is 0.0793 e. The van der Waals surface area contributed by atoms with Gasteiger partial charge in [-0.25, -0.2) is 0 Å². The van der Waals surface area contributed by atoms with Gasteiger partial charge < -0.3 is 0 Å². The van der Waals surface area contributed by atoms with Crippen LogP contribution in [-0.4, -0.2) is 4.98 Å². The first kappa shape index (κ1) is 23.7. The zero-order valence-corrected chi connectivity index (χ0v) is 23.9. The lowest BCUT2D eigenvalue weighted by Crippen LogP contribution is -1.94. The number of nitrogens with zero attached hydrogens (tertiary/aromatic N) is 1. The lowest BCUT2D eigenvalue weighted by atomic mass is 9.83. The van der Waals surface area contributed by atoms with Gasteiger partial charge in [0.2, 0.25) is 0 Å². The van der Waals surface area contributed by atoms with Crippen molar-refractivity contribution in [3.8, 4) is 22.3 Å². The van der Waals surface area contributed by atoms with E-state index in [0.29, 0.717) is 0 Å². The maximum atomic E-state index is 5.10. The van der Waals surface area contributed by atoms with Crippen molar-refractivity contribution in [1.29, 1.82) is 0 Å². The maximum absolute atomic E-state index is 5.10. The van der Waals surface area contributed by atoms with Crippen LogP contribution in [0.5, 0.6) is 0 Å². The van der Waals surface area contributed by atoms with Crippen molar-refractivity contribution in [2.24, 2.45) is 0 Å². The Balaban J connectivity index is 1.39. The minimum atomic E-state index is 1.04. The smallest absolute Gasteiger partial charge is 0.0793 e. The lowest BCUT2D eigenvalue weighted by molar-refractivity contribution is 1.42. The quantitative estimate of drug-likeness (QED) is 0.153. The molecule has 0 aliphatic heterocycles. The third-order valence-electron chi connectivity index (χ3n) is 9.63. The van der Waals surface area contributed by atoms with E-state index in [4.69, 9.17) is 4.98 Å². The molecule has 0 aliphatic rings. The Morgan fingerprint density at radius 2 is 0.818 bits per heavy atom. The molecule has 0 atom stereocenters. The summed E-state index contributed by atoms with van der Waals surface area (Å²) >= 11 is 0. The Morgan fingerprint density at radius 1 is 0.295 bits per heavy atom. The van der Waals surface area contributed by atoms with Crippen molar-refractivity contribution >= 4 is 75.5 Å². The minimum absolute atomic E-state index is 1.04. The second-order valence-electron chi connectivity index (χ2n) is 11.8. The second kappa shape index (κ2) is 8.86. The summed E-state index contributed by atoms with van der Waals surface area (Å²) in [6, 6.07) is 53.4. The summed E-state index contributed by atoms with van der Waals surface area (Å²) in [5, 5.41) is 16.6. The van der Waals surface area contributed by atoms with Crippen LogP contribution in [0.15, 0.2) is 152 Å². The first-order chi connectivity index (χ1) is 21.9. The van der Waals surface area contributed by atoms with Crippen molar-refractivity contribution in [3.63, 3.8) is 0 Å². The van der Waals surface area contributed by atoms with Gasteiger partial charge in [-0.1, -0.05) is 140 Å². The van der Waals surface area contributed by atoms with Crippen molar-refractivity contribution in [3.05, 3.63) is 152 Å². The normalized spacial score (nSPS) is 12.1. The highest BCUT2D eigenvalue weighted by molar-refractivity contribution is 6.35. The SMILES string of the molecule is c1ccc2c(-c3c4ccccc4c(-c4ccc5c6cccc7cccc(c8cccc4c85)c76)c4cccnc34)cccc2c1. The van der Waals surface area contributed by atoms with Gasteiger partial charge in [0.1, 0.15) is 0 Å². The molecule has 0 radical (unpaired) electrons. The zero-order valence-electron chi connectivity index (χ0n) is 23.9. The van der Waals surface area contributed by atoms with Crippen LogP contribution in [-0.2, 0) is 0 Å². The number of pyridine rings is 1. The number of hydrogen-bond donors (Lipinski definition) is 0. The molecule has 0 N–H and O–H groups in total. The zero-order chi connectivity index (χ0) is 28.8. The summed E-state index contributed by atoms with van der Waals surface area (Å²) in [5.74, 6) is 0. The van der Waals surface area contributed by atoms with Gasteiger partial charge in [0.15, 0.2) is 0 Å². The van der Waals surface area contributed by atoms with E-state index in [1.54, 1.807) is 0 Å². The van der Waals surface area contributed by atoms with Gasteiger partial charge in [-0.15, -0.1) is 0 Å². The Bertz CT molecular complexity index is 2660. The van der Waals surface area contributed by atoms with Gasteiger partial charge in [0, 0.05) is 17.1 Å². The van der Waals surface area contributed by atoms with E-state index in [9.17, 15) is 0 Å². The predicted octanol–water partition coefficient (Wildman–Crippen LogP) is 11.9. The highest BCUT2D eigenvalue weighted by Crippen LogP contribution is 2.48. The van der Waals surface area contributed by atoms with Gasteiger partial charge in [-0.2, -0.15) is 0 Å². The third-order valence-corrected chi connectivity index (χ3v) is 9.63. The van der Waals surface area contributed by atoms with Crippen LogP contribution in [0.1, 0.15) is 0 Å². The van der Waals surface area contributed by atoms with Crippen molar-refractivity contribution < 1.29 is 0 Å². The summed E-state index contributed by atoms with van der Waals surface area (Å²) in [6.07, 6.45) is 1.94. The molecule has 10 rings (SSSR count). The van der Waals surface area contributed by atoms with Crippen LogP contribution in [0.4, 0.5) is 0 Å². The Labute approximate surface area is 254 Å². The predicted molar refractivity (Wildman–Crippen MR) is 189 cm³/mol.